The van der Waals surface area contributed by atoms with Crippen molar-refractivity contribution in [3.63, 3.8) is 0 Å². The van der Waals surface area contributed by atoms with E-state index in [0.29, 0.717) is 24.6 Å². The van der Waals surface area contributed by atoms with Crippen molar-refractivity contribution in [2.24, 2.45) is 0 Å². The lowest BCUT2D eigenvalue weighted by Crippen LogP contribution is -2.30. The summed E-state index contributed by atoms with van der Waals surface area (Å²) in [7, 11) is 1.15. The molecule has 1 aromatic rings. The molecule has 0 atom stereocenters. The fourth-order valence-corrected chi connectivity index (χ4v) is 2.41. The summed E-state index contributed by atoms with van der Waals surface area (Å²) in [6.07, 6.45) is 0. The second kappa shape index (κ2) is 6.58. The van der Waals surface area contributed by atoms with Crippen LogP contribution in [0.5, 0.6) is 11.5 Å². The average Bonchev–Trinajstić information content (AvgIpc) is 2.38. The predicted molar refractivity (Wildman–Crippen MR) is 68.7 cm³/mol. The Bertz CT molecular complexity index is 466. The van der Waals surface area contributed by atoms with Gasteiger partial charge in [0.1, 0.15) is 11.5 Å². The molecule has 18 heavy (non-hydrogen) atoms. The molecule has 7 heteroatoms. The summed E-state index contributed by atoms with van der Waals surface area (Å²) in [5.41, 5.74) is 0. The molecule has 6 nitrogen and oxygen atoms in total. The molecule has 0 saturated heterocycles. The number of nitrogens with one attached hydrogen (secondary N) is 2. The molecule has 1 rings (SSSR count). The highest BCUT2D eigenvalue weighted by atomic mass is 32.2. The van der Waals surface area contributed by atoms with E-state index in [4.69, 9.17) is 9.47 Å². The minimum Gasteiger partial charge on any atom is -0.497 e. The van der Waals surface area contributed by atoms with Crippen LogP contribution in [0.25, 0.3) is 0 Å². The van der Waals surface area contributed by atoms with Gasteiger partial charge in [-0.2, -0.15) is 0 Å². The third-order valence-electron chi connectivity index (χ3n) is 2.30. The first-order chi connectivity index (χ1) is 8.53. The van der Waals surface area contributed by atoms with E-state index < -0.39 is 10.0 Å². The molecule has 0 aromatic heterocycles. The van der Waals surface area contributed by atoms with Gasteiger partial charge in [-0.05, 0) is 7.05 Å². The molecule has 102 valence electrons. The number of hydrogen-bond acceptors (Lipinski definition) is 5. The first-order valence-corrected chi connectivity index (χ1v) is 6.89. The summed E-state index contributed by atoms with van der Waals surface area (Å²) in [6.45, 7) is 0.874. The van der Waals surface area contributed by atoms with Crippen LogP contribution in [0.1, 0.15) is 0 Å². The first kappa shape index (κ1) is 14.7. The van der Waals surface area contributed by atoms with E-state index in [-0.39, 0.29) is 4.90 Å². The second-order valence-electron chi connectivity index (χ2n) is 3.55. The van der Waals surface area contributed by atoms with Crippen LogP contribution in [0.3, 0.4) is 0 Å². The quantitative estimate of drug-likeness (QED) is 0.695. The van der Waals surface area contributed by atoms with Crippen molar-refractivity contribution in [1.82, 2.24) is 10.0 Å². The summed E-state index contributed by atoms with van der Waals surface area (Å²) >= 11 is 0. The van der Waals surface area contributed by atoms with Gasteiger partial charge < -0.3 is 14.8 Å². The third-order valence-corrected chi connectivity index (χ3v) is 3.74. The van der Waals surface area contributed by atoms with Crippen molar-refractivity contribution in [1.29, 1.82) is 0 Å². The van der Waals surface area contributed by atoms with E-state index >= 15 is 0 Å². The maximum absolute atomic E-state index is 12.0. The van der Waals surface area contributed by atoms with Gasteiger partial charge in [0.2, 0.25) is 10.0 Å². The Labute approximate surface area is 107 Å². The number of benzene rings is 1. The lowest BCUT2D eigenvalue weighted by atomic mass is 10.3. The molecule has 0 aliphatic carbocycles. The molecule has 0 bridgehead atoms. The molecule has 0 aliphatic heterocycles. The SMILES string of the molecule is CNCCNS(=O)(=O)c1cc(OC)cc(OC)c1. The zero-order valence-corrected chi connectivity index (χ0v) is 11.5. The molecule has 0 amide bonds. The molecule has 0 saturated carbocycles. The minimum atomic E-state index is -3.55. The lowest BCUT2D eigenvalue weighted by Gasteiger charge is -2.10. The lowest BCUT2D eigenvalue weighted by molar-refractivity contribution is 0.392. The van der Waals surface area contributed by atoms with Crippen LogP contribution in [0, 0.1) is 0 Å². The summed E-state index contributed by atoms with van der Waals surface area (Å²) in [6, 6.07) is 4.51. The second-order valence-corrected chi connectivity index (χ2v) is 5.32. The van der Waals surface area contributed by atoms with Crippen molar-refractivity contribution >= 4 is 10.0 Å². The summed E-state index contributed by atoms with van der Waals surface area (Å²) in [4.78, 5) is 0.120. The van der Waals surface area contributed by atoms with Crippen LogP contribution in [0.4, 0.5) is 0 Å². The van der Waals surface area contributed by atoms with Crippen LogP contribution in [0.15, 0.2) is 23.1 Å². The van der Waals surface area contributed by atoms with Crippen LogP contribution in [-0.2, 0) is 10.0 Å². The Morgan fingerprint density at radius 3 is 2.06 bits per heavy atom. The molecular weight excluding hydrogens is 256 g/mol. The number of ether oxygens (including phenoxy) is 2. The van der Waals surface area contributed by atoms with Gasteiger partial charge in [0.05, 0.1) is 19.1 Å². The van der Waals surface area contributed by atoms with Crippen molar-refractivity contribution < 1.29 is 17.9 Å². The molecule has 0 unspecified atom stereocenters. The van der Waals surface area contributed by atoms with Crippen molar-refractivity contribution in [3.8, 4) is 11.5 Å². The Hall–Kier alpha value is -1.31. The van der Waals surface area contributed by atoms with Gasteiger partial charge in [-0.25, -0.2) is 13.1 Å². The van der Waals surface area contributed by atoms with Crippen molar-refractivity contribution in [2.75, 3.05) is 34.4 Å². The molecular formula is C11H18N2O4S. The molecule has 2 N–H and O–H groups in total. The van der Waals surface area contributed by atoms with Crippen LogP contribution in [-0.4, -0.2) is 42.8 Å². The number of hydrogen-bond donors (Lipinski definition) is 2. The predicted octanol–water partition coefficient (Wildman–Crippen LogP) is 0.202. The van der Waals surface area contributed by atoms with E-state index in [2.05, 4.69) is 10.0 Å². The smallest absolute Gasteiger partial charge is 0.240 e. The molecule has 0 radical (unpaired) electrons. The third kappa shape index (κ3) is 3.86. The highest BCUT2D eigenvalue weighted by Gasteiger charge is 2.15. The van der Waals surface area contributed by atoms with Crippen LogP contribution in [0.2, 0.25) is 0 Å². The van der Waals surface area contributed by atoms with Gasteiger partial charge >= 0.3 is 0 Å². The maximum atomic E-state index is 12.0. The highest BCUT2D eigenvalue weighted by Crippen LogP contribution is 2.25. The average molecular weight is 274 g/mol. The number of methoxy groups -OCH3 is 2. The van der Waals surface area contributed by atoms with Gasteiger partial charge in [-0.3, -0.25) is 0 Å². The highest BCUT2D eigenvalue weighted by molar-refractivity contribution is 7.89. The van der Waals surface area contributed by atoms with Crippen molar-refractivity contribution in [2.45, 2.75) is 4.90 Å². The number of rotatable bonds is 7. The van der Waals surface area contributed by atoms with Gasteiger partial charge in [-0.15, -0.1) is 0 Å². The molecule has 1 aromatic carbocycles. The van der Waals surface area contributed by atoms with Gasteiger partial charge in [0.25, 0.3) is 0 Å². The van der Waals surface area contributed by atoms with Crippen molar-refractivity contribution in [3.05, 3.63) is 18.2 Å². The maximum Gasteiger partial charge on any atom is 0.240 e. The molecule has 0 aliphatic rings. The first-order valence-electron chi connectivity index (χ1n) is 5.41. The number of sulfonamides is 1. The Morgan fingerprint density at radius 2 is 1.61 bits per heavy atom. The monoisotopic (exact) mass is 274 g/mol. The van der Waals surface area contributed by atoms with E-state index in [9.17, 15) is 8.42 Å². The van der Waals surface area contributed by atoms with Gasteiger partial charge in [0, 0.05) is 31.3 Å². The number of likely N-dealkylation sites (N-methyl/N-ethyl adjacent to an activating group) is 1. The zero-order chi connectivity index (χ0) is 13.6. The fraction of sp³-hybridized carbons (Fsp3) is 0.455. The Kier molecular flexibility index (Phi) is 5.39. The van der Waals surface area contributed by atoms with Crippen LogP contribution >= 0.6 is 0 Å². The molecule has 0 heterocycles. The fourth-order valence-electron chi connectivity index (χ4n) is 1.33. The van der Waals surface area contributed by atoms with E-state index in [1.807, 2.05) is 0 Å². The standard InChI is InChI=1S/C11H18N2O4S/c1-12-4-5-13-18(14,15)11-7-9(16-2)6-10(8-11)17-3/h6-8,12-13H,4-5H2,1-3H3. The molecule has 0 spiro atoms. The molecule has 0 fully saturated rings. The van der Waals surface area contributed by atoms with E-state index in [1.54, 1.807) is 13.1 Å². The zero-order valence-electron chi connectivity index (χ0n) is 10.7. The summed E-state index contributed by atoms with van der Waals surface area (Å²) in [5.74, 6) is 0.867. The summed E-state index contributed by atoms with van der Waals surface area (Å²) in [5, 5.41) is 2.86. The van der Waals surface area contributed by atoms with Gasteiger partial charge in [0.15, 0.2) is 0 Å². The Morgan fingerprint density at radius 1 is 1.06 bits per heavy atom. The summed E-state index contributed by atoms with van der Waals surface area (Å²) < 4.78 is 36.5. The largest absolute Gasteiger partial charge is 0.497 e. The topological polar surface area (TPSA) is 76.7 Å². The van der Waals surface area contributed by atoms with E-state index in [1.165, 1.54) is 26.4 Å². The van der Waals surface area contributed by atoms with E-state index in [0.717, 1.165) is 0 Å². The Balaban J connectivity index is 2.99. The normalized spacial score (nSPS) is 11.3. The van der Waals surface area contributed by atoms with Crippen LogP contribution < -0.4 is 19.5 Å². The minimum absolute atomic E-state index is 0.120. The van der Waals surface area contributed by atoms with Gasteiger partial charge in [-0.1, -0.05) is 0 Å².